The van der Waals surface area contributed by atoms with Gasteiger partial charge in [0.05, 0.1) is 11.3 Å². The lowest BCUT2D eigenvalue weighted by atomic mass is 10.1. The zero-order valence-corrected chi connectivity index (χ0v) is 12.1. The highest BCUT2D eigenvalue weighted by Gasteiger charge is 2.12. The second-order valence-corrected chi connectivity index (χ2v) is 5.19. The number of hydrogen-bond acceptors (Lipinski definition) is 2. The van der Waals surface area contributed by atoms with Crippen LogP contribution in [0.1, 0.15) is 27.2 Å². The van der Waals surface area contributed by atoms with Crippen LogP contribution in [0.4, 0.5) is 5.69 Å². The smallest absolute Gasteiger partial charge is 0.258 e. The number of amides is 1. The van der Waals surface area contributed by atoms with Gasteiger partial charge in [-0.15, -0.1) is 0 Å². The number of nitrogens with one attached hydrogen (secondary N) is 1. The summed E-state index contributed by atoms with van der Waals surface area (Å²) in [6.07, 6.45) is 1.46. The van der Waals surface area contributed by atoms with Crippen molar-refractivity contribution < 1.29 is 9.21 Å². The quantitative estimate of drug-likeness (QED) is 0.902. The molecule has 1 aromatic heterocycles. The Kier molecular flexibility index (Phi) is 3.57. The maximum Gasteiger partial charge on any atom is 0.258 e. The lowest BCUT2D eigenvalue weighted by Crippen LogP contribution is -2.12. The first-order chi connectivity index (χ1) is 8.47. The van der Waals surface area contributed by atoms with Crippen LogP contribution in [0.2, 0.25) is 0 Å². The van der Waals surface area contributed by atoms with Crippen molar-refractivity contribution in [1.29, 1.82) is 0 Å². The van der Waals surface area contributed by atoms with E-state index >= 15 is 0 Å². The van der Waals surface area contributed by atoms with E-state index in [4.69, 9.17) is 4.42 Å². The van der Waals surface area contributed by atoms with Gasteiger partial charge in [-0.2, -0.15) is 0 Å². The first-order valence-electron chi connectivity index (χ1n) is 5.60. The summed E-state index contributed by atoms with van der Waals surface area (Å²) in [4.78, 5) is 12.0. The van der Waals surface area contributed by atoms with Gasteiger partial charge in [0.1, 0.15) is 12.0 Å². The fourth-order valence-corrected chi connectivity index (χ4v) is 2.60. The van der Waals surface area contributed by atoms with E-state index in [0.717, 1.165) is 27.0 Å². The van der Waals surface area contributed by atoms with Gasteiger partial charge in [0.25, 0.3) is 5.91 Å². The van der Waals surface area contributed by atoms with Crippen LogP contribution in [-0.2, 0) is 0 Å². The van der Waals surface area contributed by atoms with Gasteiger partial charge in [-0.3, -0.25) is 4.79 Å². The summed E-state index contributed by atoms with van der Waals surface area (Å²) in [6.45, 7) is 5.79. The highest BCUT2D eigenvalue weighted by atomic mass is 79.9. The summed E-state index contributed by atoms with van der Waals surface area (Å²) in [7, 11) is 0. The molecule has 0 bridgehead atoms. The van der Waals surface area contributed by atoms with Crippen LogP contribution in [0.5, 0.6) is 0 Å². The summed E-state index contributed by atoms with van der Waals surface area (Å²) in [5, 5.41) is 2.89. The van der Waals surface area contributed by atoms with E-state index in [0.29, 0.717) is 5.56 Å². The van der Waals surface area contributed by atoms with Crippen molar-refractivity contribution in [2.24, 2.45) is 0 Å². The van der Waals surface area contributed by atoms with E-state index in [1.165, 1.54) is 6.26 Å². The second kappa shape index (κ2) is 4.98. The number of hydrogen-bond donors (Lipinski definition) is 1. The molecular weight excluding hydrogens is 294 g/mol. The third-order valence-electron chi connectivity index (χ3n) is 2.66. The number of rotatable bonds is 2. The molecule has 1 amide bonds. The van der Waals surface area contributed by atoms with Crippen molar-refractivity contribution in [1.82, 2.24) is 0 Å². The Morgan fingerprint density at radius 3 is 2.50 bits per heavy atom. The Morgan fingerprint density at radius 1 is 1.22 bits per heavy atom. The van der Waals surface area contributed by atoms with Crippen LogP contribution in [-0.4, -0.2) is 5.91 Å². The van der Waals surface area contributed by atoms with E-state index in [9.17, 15) is 4.79 Å². The van der Waals surface area contributed by atoms with Crippen molar-refractivity contribution in [3.05, 3.63) is 51.4 Å². The van der Waals surface area contributed by atoms with Crippen molar-refractivity contribution in [2.75, 3.05) is 5.32 Å². The molecule has 3 nitrogen and oxygen atoms in total. The summed E-state index contributed by atoms with van der Waals surface area (Å²) in [5.74, 6) is 0.555. The van der Waals surface area contributed by atoms with E-state index < -0.39 is 0 Å². The van der Waals surface area contributed by atoms with Gasteiger partial charge in [-0.25, -0.2) is 0 Å². The van der Waals surface area contributed by atoms with Crippen molar-refractivity contribution >= 4 is 27.5 Å². The fraction of sp³-hybridized carbons (Fsp3) is 0.214. The van der Waals surface area contributed by atoms with E-state index in [2.05, 4.69) is 21.2 Å². The summed E-state index contributed by atoms with van der Waals surface area (Å²) >= 11 is 3.47. The Labute approximate surface area is 114 Å². The van der Waals surface area contributed by atoms with Crippen molar-refractivity contribution in [3.8, 4) is 0 Å². The Morgan fingerprint density at radius 2 is 1.94 bits per heavy atom. The number of carbonyl (C=O) groups is 1. The average Bonchev–Trinajstić information content (AvgIpc) is 2.70. The average molecular weight is 308 g/mol. The normalized spacial score (nSPS) is 10.4. The predicted octanol–water partition coefficient (Wildman–Crippen LogP) is 4.22. The molecule has 0 spiro atoms. The predicted molar refractivity (Wildman–Crippen MR) is 75.0 cm³/mol. The molecule has 4 heteroatoms. The molecule has 0 aliphatic carbocycles. The van der Waals surface area contributed by atoms with E-state index in [1.807, 2.05) is 32.9 Å². The lowest BCUT2D eigenvalue weighted by molar-refractivity contribution is 0.102. The fourth-order valence-electron chi connectivity index (χ4n) is 1.82. The van der Waals surface area contributed by atoms with Crippen LogP contribution in [0, 0.1) is 20.8 Å². The number of aryl methyl sites for hydroxylation is 3. The molecule has 0 radical (unpaired) electrons. The highest BCUT2D eigenvalue weighted by Crippen LogP contribution is 2.28. The molecule has 1 aromatic carbocycles. The zero-order chi connectivity index (χ0) is 13.3. The largest absolute Gasteiger partial charge is 0.469 e. The first kappa shape index (κ1) is 12.9. The highest BCUT2D eigenvalue weighted by molar-refractivity contribution is 9.10. The molecule has 0 unspecified atom stereocenters. The number of carbonyl (C=O) groups excluding carboxylic acids is 1. The standard InChI is InChI=1S/C14H14BrNO2/c1-8-4-9(2)13(12(15)5-8)16-14(17)11-6-10(3)18-7-11/h4-7H,1-3H3,(H,16,17). The molecule has 0 saturated carbocycles. The van der Waals surface area contributed by atoms with Crippen LogP contribution < -0.4 is 5.32 Å². The van der Waals surface area contributed by atoms with Gasteiger partial charge < -0.3 is 9.73 Å². The van der Waals surface area contributed by atoms with Crippen LogP contribution >= 0.6 is 15.9 Å². The summed E-state index contributed by atoms with van der Waals surface area (Å²) in [5.41, 5.74) is 3.50. The van der Waals surface area contributed by atoms with Crippen molar-refractivity contribution in [2.45, 2.75) is 20.8 Å². The van der Waals surface area contributed by atoms with Gasteiger partial charge in [0, 0.05) is 4.47 Å². The monoisotopic (exact) mass is 307 g/mol. The van der Waals surface area contributed by atoms with Crippen LogP contribution in [0.25, 0.3) is 0 Å². The maximum atomic E-state index is 12.0. The Bertz CT molecular complexity index is 579. The van der Waals surface area contributed by atoms with Gasteiger partial charge >= 0.3 is 0 Å². The molecule has 0 aliphatic rings. The molecule has 2 rings (SSSR count). The molecule has 0 atom stereocenters. The number of halogens is 1. The van der Waals surface area contributed by atoms with Gasteiger partial charge in [0.2, 0.25) is 0 Å². The SMILES string of the molecule is Cc1cc(C)c(NC(=O)c2coc(C)c2)c(Br)c1. The second-order valence-electron chi connectivity index (χ2n) is 4.34. The van der Waals surface area contributed by atoms with Crippen molar-refractivity contribution in [3.63, 3.8) is 0 Å². The molecule has 0 saturated heterocycles. The molecule has 0 fully saturated rings. The third-order valence-corrected chi connectivity index (χ3v) is 3.29. The molecule has 0 aliphatic heterocycles. The van der Waals surface area contributed by atoms with E-state index in [1.54, 1.807) is 6.07 Å². The molecule has 1 N–H and O–H groups in total. The Balaban J connectivity index is 2.27. The van der Waals surface area contributed by atoms with Gasteiger partial charge in [-0.1, -0.05) is 6.07 Å². The number of benzene rings is 1. The van der Waals surface area contributed by atoms with Gasteiger partial charge in [0.15, 0.2) is 0 Å². The van der Waals surface area contributed by atoms with Gasteiger partial charge in [-0.05, 0) is 60.0 Å². The molecular formula is C14H14BrNO2. The molecule has 1 heterocycles. The first-order valence-corrected chi connectivity index (χ1v) is 6.40. The third kappa shape index (κ3) is 2.64. The lowest BCUT2D eigenvalue weighted by Gasteiger charge is -2.10. The van der Waals surface area contributed by atoms with E-state index in [-0.39, 0.29) is 5.91 Å². The molecule has 2 aromatic rings. The minimum Gasteiger partial charge on any atom is -0.469 e. The van der Waals surface area contributed by atoms with Crippen LogP contribution in [0.3, 0.4) is 0 Å². The topological polar surface area (TPSA) is 42.2 Å². The Hall–Kier alpha value is -1.55. The summed E-state index contributed by atoms with van der Waals surface area (Å²) in [6, 6.07) is 5.72. The molecule has 18 heavy (non-hydrogen) atoms. The minimum absolute atomic E-state index is 0.167. The number of anilines is 1. The minimum atomic E-state index is -0.167. The number of furan rings is 1. The van der Waals surface area contributed by atoms with Crippen LogP contribution in [0.15, 0.2) is 33.4 Å². The zero-order valence-electron chi connectivity index (χ0n) is 10.5. The maximum absolute atomic E-state index is 12.0. The summed E-state index contributed by atoms with van der Waals surface area (Å²) < 4.78 is 6.01. The molecule has 94 valence electrons.